The van der Waals surface area contributed by atoms with Crippen LogP contribution in [-0.4, -0.2) is 0 Å². The molecule has 10 aromatic heterocycles. The van der Waals surface area contributed by atoms with E-state index in [-0.39, 0.29) is 61.4 Å². The number of furan rings is 10. The smallest absolute Gasteiger partial charge is 0.297 e. The summed E-state index contributed by atoms with van der Waals surface area (Å²) in [5.41, 5.74) is 22.4. The highest BCUT2D eigenvalue weighted by molar-refractivity contribution is 5.89. The number of para-hydroxylation sites is 5. The topological polar surface area (TPSA) is 148 Å². The zero-order valence-electron chi connectivity index (χ0n) is 78.1. The van der Waals surface area contributed by atoms with Crippen LogP contribution in [0.15, 0.2) is 215 Å². The van der Waals surface area contributed by atoms with E-state index in [1.807, 2.05) is 12.1 Å². The monoisotopic (exact) mass is 1700 g/mol. The highest BCUT2D eigenvalue weighted by atomic mass is 16.5. The third-order valence-electron chi connectivity index (χ3n) is 36.7. The van der Waals surface area contributed by atoms with E-state index in [1.165, 1.54) is 171 Å². The molecule has 15 heteroatoms. The molecule has 127 heavy (non-hydrogen) atoms. The lowest BCUT2D eigenvalue weighted by Gasteiger charge is -2.63. The maximum Gasteiger partial charge on any atom is 0.297 e. The molecule has 6 aliphatic carbocycles. The zero-order valence-corrected chi connectivity index (χ0v) is 78.1. The highest BCUT2D eigenvalue weighted by Gasteiger charge is 2.71. The standard InChI is InChI=1S/C25H27NO2.2C23H27NO2.C21H23NO2.C20H21NO2/c1-14-5-3-4-6-21(14)26-15(2)22-20-7-8-27-24(20)28-23(22)25(26)18-10-16-9-17(12-18)13-19(25)11-16;2*1-13-9-8-10-16-18(13)24-14(2)17-15-11-12-25-20(15)26-19(17)23(24,7)22(5,6)21(16,3)4;1-14-8-4-5-9-17(14)22-15(2)18-16-10-13-23-20(16)24-19(18)21(22)11-6-3-7-12-21;1-13-7-3-4-8-16(13)21-14(2)17-15-9-12-22-19(15)23-18(17)20(21)10-5-6-11-20/h3-8,15-19H,9-13H2,1-2H3;2*8-12,14H,1-7H3;4-5,8-10,13,15H,3,6-7,11-12H2,1-2H3;3-4,7-9,12,14H,5-6,10-11H2,1-2H3. The fraction of sp³-hybridized carbons (Fsp3) is 0.464. The average Bonchev–Trinajstić information content (AvgIpc) is 1.57. The Kier molecular flexibility index (Phi) is 17.6. The van der Waals surface area contributed by atoms with Crippen LogP contribution in [0.1, 0.15) is 320 Å². The van der Waals surface area contributed by atoms with Crippen molar-refractivity contribution >= 4 is 84.3 Å². The first-order chi connectivity index (χ1) is 60.9. The van der Waals surface area contributed by atoms with Gasteiger partial charge in [0, 0.05) is 67.1 Å². The number of hydrogen-bond acceptors (Lipinski definition) is 15. The third-order valence-corrected chi connectivity index (χ3v) is 36.7. The minimum atomic E-state index is -0.244. The molecule has 5 aromatic carbocycles. The third kappa shape index (κ3) is 10.3. The predicted octanol–water partition coefficient (Wildman–Crippen LogP) is 31.2. The number of nitrogens with zero attached hydrogens (tertiary/aromatic N) is 5. The summed E-state index contributed by atoms with van der Waals surface area (Å²) in [5.74, 6) is 12.4. The Hall–Kier alpha value is -10.8. The summed E-state index contributed by atoms with van der Waals surface area (Å²) in [4.78, 5) is 13.3. The maximum absolute atomic E-state index is 6.58. The van der Waals surface area contributed by atoms with Gasteiger partial charge in [-0.05, 0) is 263 Å². The van der Waals surface area contributed by atoms with Gasteiger partial charge in [0.2, 0.25) is 0 Å². The first-order valence-corrected chi connectivity index (χ1v) is 47.8. The van der Waals surface area contributed by atoms with Gasteiger partial charge < -0.3 is 68.7 Å². The van der Waals surface area contributed by atoms with Crippen LogP contribution < -0.4 is 24.5 Å². The zero-order chi connectivity index (χ0) is 87.8. The molecule has 13 aliphatic rings. The molecule has 6 saturated carbocycles. The molecular weight excluding hydrogens is 1580 g/mol. The Morgan fingerprint density at radius 3 is 0.921 bits per heavy atom. The molecule has 6 fully saturated rings. The van der Waals surface area contributed by atoms with Crippen molar-refractivity contribution in [3.63, 3.8) is 0 Å². The van der Waals surface area contributed by atoms with E-state index in [2.05, 4.69) is 290 Å². The molecule has 0 radical (unpaired) electrons. The summed E-state index contributed by atoms with van der Waals surface area (Å²) >= 11 is 0. The van der Waals surface area contributed by atoms with E-state index in [9.17, 15) is 0 Å². The molecule has 7 unspecified atom stereocenters. The minimum Gasteiger partial charge on any atom is -0.433 e. The summed E-state index contributed by atoms with van der Waals surface area (Å²) in [6.45, 7) is 46.5. The first kappa shape index (κ1) is 80.7. The molecule has 0 amide bonds. The van der Waals surface area contributed by atoms with Crippen molar-refractivity contribution in [3.05, 3.63) is 266 Å². The van der Waals surface area contributed by atoms with Crippen LogP contribution in [-0.2, 0) is 38.5 Å². The van der Waals surface area contributed by atoms with Crippen molar-refractivity contribution < 1.29 is 44.2 Å². The van der Waals surface area contributed by atoms with Crippen LogP contribution in [0.4, 0.5) is 28.4 Å². The second kappa shape index (κ2) is 27.6. The van der Waals surface area contributed by atoms with Crippen molar-refractivity contribution in [1.29, 1.82) is 0 Å². The Morgan fingerprint density at radius 2 is 0.567 bits per heavy atom. The second-order valence-corrected chi connectivity index (χ2v) is 43.0. The van der Waals surface area contributed by atoms with Crippen LogP contribution in [0.3, 0.4) is 0 Å². The Morgan fingerprint density at radius 1 is 0.283 bits per heavy atom. The van der Waals surface area contributed by atoms with E-state index in [0.717, 1.165) is 87.9 Å². The van der Waals surface area contributed by atoms with Gasteiger partial charge in [-0.25, -0.2) is 0 Å². The molecule has 658 valence electrons. The predicted molar refractivity (Wildman–Crippen MR) is 505 cm³/mol. The molecule has 4 bridgehead atoms. The van der Waals surface area contributed by atoms with E-state index in [4.69, 9.17) is 44.2 Å². The van der Waals surface area contributed by atoms with Crippen LogP contribution >= 0.6 is 0 Å². The van der Waals surface area contributed by atoms with Crippen LogP contribution in [0, 0.1) is 69.1 Å². The number of rotatable bonds is 3. The lowest BCUT2D eigenvalue weighted by molar-refractivity contribution is -0.0682. The summed E-state index contributed by atoms with van der Waals surface area (Å²) in [6, 6.07) is 51.6. The molecule has 7 atom stereocenters. The fourth-order valence-corrected chi connectivity index (χ4v) is 29.4. The molecule has 0 saturated heterocycles. The van der Waals surface area contributed by atoms with Gasteiger partial charge in [-0.2, -0.15) is 0 Å². The van der Waals surface area contributed by atoms with E-state index in [1.54, 1.807) is 31.3 Å². The number of fused-ring (bicyclic) bond motifs is 25. The van der Waals surface area contributed by atoms with E-state index >= 15 is 0 Å². The van der Waals surface area contributed by atoms with Gasteiger partial charge >= 0.3 is 0 Å². The molecule has 0 N–H and O–H groups in total. The second-order valence-electron chi connectivity index (χ2n) is 43.0. The Balaban J connectivity index is 0.0000000912. The van der Waals surface area contributed by atoms with Crippen molar-refractivity contribution in [1.82, 2.24) is 0 Å². The Labute approximate surface area is 746 Å². The number of benzene rings is 5. The van der Waals surface area contributed by atoms with Gasteiger partial charge in [-0.1, -0.05) is 178 Å². The van der Waals surface area contributed by atoms with Gasteiger partial charge in [0.05, 0.1) is 99.5 Å². The first-order valence-electron chi connectivity index (χ1n) is 47.8. The number of hydrogen-bond donors (Lipinski definition) is 0. The van der Waals surface area contributed by atoms with Crippen LogP contribution in [0.2, 0.25) is 0 Å². The van der Waals surface area contributed by atoms with Crippen molar-refractivity contribution in [2.75, 3.05) is 24.5 Å². The van der Waals surface area contributed by atoms with Crippen molar-refractivity contribution in [2.45, 2.75) is 297 Å². The molecule has 7 aliphatic heterocycles. The summed E-state index contributed by atoms with van der Waals surface area (Å²) in [7, 11) is 0. The van der Waals surface area contributed by atoms with E-state index < -0.39 is 0 Å². The normalized spacial score (nSPS) is 28.2. The van der Waals surface area contributed by atoms with Crippen molar-refractivity contribution in [3.8, 4) is 0 Å². The van der Waals surface area contributed by atoms with Crippen LogP contribution in [0.5, 0.6) is 0 Å². The van der Waals surface area contributed by atoms with Crippen molar-refractivity contribution in [2.24, 2.45) is 34.5 Å². The van der Waals surface area contributed by atoms with Gasteiger partial charge in [-0.15, -0.1) is 0 Å². The SMILES string of the molecule is Cc1cccc2c1N1C(C)c3c(oc4occc34)C1(C)C(C)(C)C2(C)C.Cc1cccc2c1N1C(C)c3c(oc4occc34)C1(C)C(C)(C)C2(C)C.Cc1ccccc1N1C(C)c2c(oc3occc23)C12C1CC3CC(C1)CC2C3.Cc1ccccc1N1C(C)c2c(oc3occc23)C12CCCC2.Cc1ccccc1N1C(C)c2c(oc3occc23)C12CCCCC2. The average molecular weight is 1700 g/mol. The summed E-state index contributed by atoms with van der Waals surface area (Å²) in [6.07, 6.45) is 26.7. The number of aryl methyl sites for hydroxylation is 5. The summed E-state index contributed by atoms with van der Waals surface area (Å²) in [5, 5.41) is 5.72. The van der Waals surface area contributed by atoms with Gasteiger partial charge in [0.15, 0.2) is 0 Å². The highest BCUT2D eigenvalue weighted by Crippen LogP contribution is 2.74. The lowest BCUT2D eigenvalue weighted by Crippen LogP contribution is -2.62. The molecule has 28 rings (SSSR count). The van der Waals surface area contributed by atoms with E-state index in [0.29, 0.717) is 53.1 Å². The van der Waals surface area contributed by atoms with Gasteiger partial charge in [0.1, 0.15) is 45.4 Å². The largest absolute Gasteiger partial charge is 0.433 e. The Bertz CT molecular complexity index is 6660. The van der Waals surface area contributed by atoms with Gasteiger partial charge in [0.25, 0.3) is 28.9 Å². The molecule has 17 heterocycles. The molecule has 15 aromatic rings. The van der Waals surface area contributed by atoms with Gasteiger partial charge in [-0.3, -0.25) is 0 Å². The minimum absolute atomic E-state index is 0.00238. The lowest BCUT2D eigenvalue weighted by atomic mass is 9.48. The summed E-state index contributed by atoms with van der Waals surface area (Å²) < 4.78 is 59.9. The molecular formula is C112H125N5O10. The molecule has 3 spiro atoms. The maximum atomic E-state index is 6.58. The number of anilines is 5. The fourth-order valence-electron chi connectivity index (χ4n) is 29.4. The molecule has 15 nitrogen and oxygen atoms in total. The van der Waals surface area contributed by atoms with Crippen LogP contribution in [0.25, 0.3) is 55.8 Å². The quantitative estimate of drug-likeness (QED) is 0.165.